The van der Waals surface area contributed by atoms with Crippen LogP contribution in [0.2, 0.25) is 10.0 Å². The molecule has 0 spiro atoms. The van der Waals surface area contributed by atoms with E-state index in [1.807, 2.05) is 18.2 Å². The largest absolute Gasteiger partial charge is 1.00 e. The standard InChI is InChI=1S/C17H23Cl2NO.ClH/c1-16(6-2-7-16)20-11-15(21)17(8-3-9-17)12-4-5-13(18)14(19)10-12;/h4-5,10,15,20-21H,2-3,6-9,11H2,1H3;1H. The number of hydrogen-bond acceptors (Lipinski definition) is 1. The quantitative estimate of drug-likeness (QED) is 0.774. The normalized spacial score (nSPS) is 22.9. The van der Waals surface area contributed by atoms with Crippen molar-refractivity contribution in [3.63, 3.8) is 0 Å². The summed E-state index contributed by atoms with van der Waals surface area (Å²) in [5.41, 5.74) is 1.37. The van der Waals surface area contributed by atoms with Crippen LogP contribution in [-0.2, 0) is 5.41 Å². The Bertz CT molecular complexity index is 527. The minimum atomic E-state index is -0.319. The van der Waals surface area contributed by atoms with E-state index in [9.17, 15) is 5.11 Å². The molecular formula is C17H24Cl3NO. The number of rotatable bonds is 5. The van der Waals surface area contributed by atoms with Crippen LogP contribution >= 0.6 is 23.2 Å². The highest BCUT2D eigenvalue weighted by Gasteiger charge is 2.47. The molecule has 0 amide bonds. The summed E-state index contributed by atoms with van der Waals surface area (Å²) in [6.45, 7) is 3.08. The fourth-order valence-electron chi connectivity index (χ4n) is 3.74. The first-order valence-electron chi connectivity index (χ1n) is 7.93. The van der Waals surface area contributed by atoms with Crippen LogP contribution in [0.25, 0.3) is 0 Å². The van der Waals surface area contributed by atoms with Crippen molar-refractivity contribution >= 4 is 23.2 Å². The minimum absolute atomic E-state index is 0. The smallest absolute Gasteiger partial charge is 0.112 e. The first-order chi connectivity index (χ1) is 9.95. The Labute approximate surface area is 149 Å². The van der Waals surface area contributed by atoms with E-state index >= 15 is 0 Å². The Morgan fingerprint density at radius 2 is 1.77 bits per heavy atom. The molecule has 0 bridgehead atoms. The number of nitrogens with two attached hydrogens (primary N) is 1. The van der Waals surface area contributed by atoms with Gasteiger partial charge in [-0.15, -0.1) is 0 Å². The van der Waals surface area contributed by atoms with Crippen molar-refractivity contribution in [2.24, 2.45) is 0 Å². The van der Waals surface area contributed by atoms with Gasteiger partial charge in [-0.1, -0.05) is 35.7 Å². The molecule has 0 heterocycles. The SMILES string of the molecule is CC1([NH2+]CC(O)C2(c3ccc(Cl)c(Cl)c3)CCC2)CCC1.[Cl-]. The lowest BCUT2D eigenvalue weighted by Crippen LogP contribution is -3.00. The van der Waals surface area contributed by atoms with Gasteiger partial charge in [-0.25, -0.2) is 0 Å². The zero-order valence-corrected chi connectivity index (χ0v) is 15.2. The van der Waals surface area contributed by atoms with E-state index in [1.54, 1.807) is 0 Å². The van der Waals surface area contributed by atoms with E-state index in [-0.39, 0.29) is 23.9 Å². The molecule has 124 valence electrons. The van der Waals surface area contributed by atoms with E-state index < -0.39 is 0 Å². The second-order valence-electron chi connectivity index (χ2n) is 7.10. The van der Waals surface area contributed by atoms with Crippen LogP contribution in [0.3, 0.4) is 0 Å². The van der Waals surface area contributed by atoms with Gasteiger partial charge in [0.25, 0.3) is 0 Å². The van der Waals surface area contributed by atoms with Crippen LogP contribution in [0.4, 0.5) is 0 Å². The predicted octanol–water partition coefficient (Wildman–Crippen LogP) is 0.286. The van der Waals surface area contributed by atoms with Crippen molar-refractivity contribution in [1.82, 2.24) is 0 Å². The Morgan fingerprint density at radius 1 is 1.14 bits per heavy atom. The summed E-state index contributed by atoms with van der Waals surface area (Å²) in [5, 5.41) is 14.3. The Kier molecular flexibility index (Phi) is 5.72. The lowest BCUT2D eigenvalue weighted by Gasteiger charge is -2.46. The predicted molar refractivity (Wildman–Crippen MR) is 87.0 cm³/mol. The van der Waals surface area contributed by atoms with Gasteiger partial charge in [0.1, 0.15) is 12.6 Å². The van der Waals surface area contributed by atoms with Gasteiger partial charge in [-0.3, -0.25) is 0 Å². The van der Waals surface area contributed by atoms with Gasteiger partial charge in [0.05, 0.1) is 15.6 Å². The van der Waals surface area contributed by atoms with E-state index in [4.69, 9.17) is 23.2 Å². The number of halogens is 3. The lowest BCUT2D eigenvalue weighted by atomic mass is 9.61. The maximum atomic E-state index is 10.8. The third kappa shape index (κ3) is 3.27. The number of benzene rings is 1. The van der Waals surface area contributed by atoms with E-state index in [1.165, 1.54) is 25.7 Å². The van der Waals surface area contributed by atoms with E-state index in [2.05, 4.69) is 12.2 Å². The second kappa shape index (κ2) is 6.86. The molecule has 1 atom stereocenters. The molecule has 0 radical (unpaired) electrons. The van der Waals surface area contributed by atoms with Gasteiger partial charge in [-0.05, 0) is 43.9 Å². The van der Waals surface area contributed by atoms with Crippen molar-refractivity contribution < 1.29 is 22.8 Å². The highest BCUT2D eigenvalue weighted by molar-refractivity contribution is 6.42. The van der Waals surface area contributed by atoms with Crippen molar-refractivity contribution in [1.29, 1.82) is 0 Å². The molecule has 0 aliphatic heterocycles. The maximum Gasteiger partial charge on any atom is 0.112 e. The van der Waals surface area contributed by atoms with Gasteiger partial charge in [-0.2, -0.15) is 0 Å². The number of aliphatic hydroxyl groups is 1. The highest BCUT2D eigenvalue weighted by atomic mass is 35.5. The molecule has 2 aliphatic carbocycles. The monoisotopic (exact) mass is 363 g/mol. The van der Waals surface area contributed by atoms with Gasteiger partial charge < -0.3 is 22.8 Å². The topological polar surface area (TPSA) is 36.8 Å². The summed E-state index contributed by atoms with van der Waals surface area (Å²) < 4.78 is 0. The first kappa shape index (κ1) is 18.4. The average Bonchev–Trinajstić information content (AvgIpc) is 2.37. The van der Waals surface area contributed by atoms with E-state index in [0.29, 0.717) is 15.6 Å². The van der Waals surface area contributed by atoms with Gasteiger partial charge in [0.2, 0.25) is 0 Å². The fraction of sp³-hybridized carbons (Fsp3) is 0.647. The van der Waals surface area contributed by atoms with Gasteiger partial charge >= 0.3 is 0 Å². The molecule has 5 heteroatoms. The molecule has 2 saturated carbocycles. The number of aliphatic hydroxyl groups excluding tert-OH is 1. The van der Waals surface area contributed by atoms with Crippen LogP contribution in [-0.4, -0.2) is 23.3 Å². The molecule has 1 unspecified atom stereocenters. The van der Waals surface area contributed by atoms with Crippen LogP contribution in [0.15, 0.2) is 18.2 Å². The lowest BCUT2D eigenvalue weighted by molar-refractivity contribution is -0.740. The number of hydrogen-bond donors (Lipinski definition) is 2. The molecule has 1 aromatic rings. The molecule has 2 aliphatic rings. The van der Waals surface area contributed by atoms with Gasteiger partial charge in [0.15, 0.2) is 0 Å². The third-order valence-electron chi connectivity index (χ3n) is 5.71. The first-order valence-corrected chi connectivity index (χ1v) is 8.69. The second-order valence-corrected chi connectivity index (χ2v) is 7.92. The summed E-state index contributed by atoms with van der Waals surface area (Å²) in [4.78, 5) is 0. The summed E-state index contributed by atoms with van der Waals surface area (Å²) in [5.74, 6) is 0. The molecule has 1 aromatic carbocycles. The molecule has 2 fully saturated rings. The van der Waals surface area contributed by atoms with Gasteiger partial charge in [0, 0.05) is 18.3 Å². The average molecular weight is 365 g/mol. The van der Waals surface area contributed by atoms with Crippen LogP contribution < -0.4 is 17.7 Å². The molecule has 0 saturated heterocycles. The Morgan fingerprint density at radius 3 is 2.23 bits per heavy atom. The van der Waals surface area contributed by atoms with E-state index in [0.717, 1.165) is 24.9 Å². The molecule has 3 N–H and O–H groups in total. The highest BCUT2D eigenvalue weighted by Crippen LogP contribution is 2.47. The van der Waals surface area contributed by atoms with Crippen molar-refractivity contribution in [3.05, 3.63) is 33.8 Å². The zero-order valence-electron chi connectivity index (χ0n) is 12.9. The van der Waals surface area contributed by atoms with Crippen LogP contribution in [0, 0.1) is 0 Å². The van der Waals surface area contributed by atoms with Crippen LogP contribution in [0.5, 0.6) is 0 Å². The summed E-state index contributed by atoms with van der Waals surface area (Å²) in [6, 6.07) is 5.82. The molecule has 0 aromatic heterocycles. The molecular weight excluding hydrogens is 341 g/mol. The zero-order chi connectivity index (χ0) is 15.1. The van der Waals surface area contributed by atoms with Crippen molar-refractivity contribution in [3.8, 4) is 0 Å². The summed E-state index contributed by atoms with van der Waals surface area (Å²) >= 11 is 12.2. The molecule has 2 nitrogen and oxygen atoms in total. The summed E-state index contributed by atoms with van der Waals surface area (Å²) in [6.07, 6.45) is 6.78. The summed E-state index contributed by atoms with van der Waals surface area (Å²) in [7, 11) is 0. The molecule has 22 heavy (non-hydrogen) atoms. The fourth-order valence-corrected chi connectivity index (χ4v) is 4.04. The Hall–Kier alpha value is 0.01000. The number of quaternary nitrogens is 1. The van der Waals surface area contributed by atoms with Crippen molar-refractivity contribution in [2.45, 2.75) is 62.5 Å². The molecule has 3 rings (SSSR count). The van der Waals surface area contributed by atoms with Crippen LogP contribution in [0.1, 0.15) is 51.0 Å². The Balaban J connectivity index is 0.00000176. The van der Waals surface area contributed by atoms with Crippen molar-refractivity contribution in [2.75, 3.05) is 6.54 Å². The third-order valence-corrected chi connectivity index (χ3v) is 6.45. The maximum absolute atomic E-state index is 10.8. The minimum Gasteiger partial charge on any atom is -1.00 e.